The van der Waals surface area contributed by atoms with Crippen LogP contribution in [-0.2, 0) is 22.7 Å². The Bertz CT molecular complexity index is 647. The summed E-state index contributed by atoms with van der Waals surface area (Å²) in [4.78, 5) is 8.94. The van der Waals surface area contributed by atoms with Gasteiger partial charge in [-0.25, -0.2) is 9.97 Å². The summed E-state index contributed by atoms with van der Waals surface area (Å²) < 4.78 is 10.3. The van der Waals surface area contributed by atoms with Crippen molar-refractivity contribution in [3.05, 3.63) is 40.2 Å². The van der Waals surface area contributed by atoms with E-state index < -0.39 is 0 Å². The van der Waals surface area contributed by atoms with E-state index in [9.17, 15) is 0 Å². The zero-order valence-corrected chi connectivity index (χ0v) is 13.1. The van der Waals surface area contributed by atoms with Gasteiger partial charge in [-0.3, -0.25) is 0 Å². The van der Waals surface area contributed by atoms with Crippen LogP contribution in [-0.4, -0.2) is 24.2 Å². The highest BCUT2D eigenvalue weighted by Gasteiger charge is 2.16. The minimum Gasteiger partial charge on any atom is -0.382 e. The molecule has 0 saturated carbocycles. The van der Waals surface area contributed by atoms with Gasteiger partial charge in [0.2, 0.25) is 0 Å². The lowest BCUT2D eigenvalue weighted by molar-refractivity contribution is 0.177. The van der Waals surface area contributed by atoms with Crippen LogP contribution in [0.2, 0.25) is 5.02 Å². The number of anilines is 1. The number of nitrogen functional groups attached to an aromatic ring is 1. The second-order valence-corrected chi connectivity index (χ2v) is 5.11. The Kier molecular flexibility index (Phi) is 5.12. The Labute approximate surface area is 129 Å². The summed E-state index contributed by atoms with van der Waals surface area (Å²) in [6.07, 6.45) is 0. The van der Waals surface area contributed by atoms with Gasteiger partial charge in [0.25, 0.3) is 0 Å². The summed E-state index contributed by atoms with van der Waals surface area (Å²) in [7, 11) is 3.18. The lowest BCUT2D eigenvalue weighted by atomic mass is 10.1. The molecular formula is C15H18ClN3O2. The van der Waals surface area contributed by atoms with Crippen LogP contribution in [0.5, 0.6) is 0 Å². The largest absolute Gasteiger partial charge is 0.382 e. The van der Waals surface area contributed by atoms with Gasteiger partial charge in [-0.1, -0.05) is 23.7 Å². The highest BCUT2D eigenvalue weighted by atomic mass is 35.5. The fourth-order valence-electron chi connectivity index (χ4n) is 2.03. The smallest absolute Gasteiger partial charge is 0.148 e. The van der Waals surface area contributed by atoms with Gasteiger partial charge in [0.15, 0.2) is 0 Å². The molecule has 1 heterocycles. The maximum atomic E-state index is 6.33. The molecule has 112 valence electrons. The Morgan fingerprint density at radius 3 is 2.38 bits per heavy atom. The number of benzene rings is 1. The predicted octanol–water partition coefficient (Wildman–Crippen LogP) is 2.98. The Hall–Kier alpha value is -1.69. The second-order valence-electron chi connectivity index (χ2n) is 4.70. The first-order valence-electron chi connectivity index (χ1n) is 6.46. The normalized spacial score (nSPS) is 10.9. The number of methoxy groups -OCH3 is 2. The van der Waals surface area contributed by atoms with Crippen molar-refractivity contribution in [1.29, 1.82) is 0 Å². The van der Waals surface area contributed by atoms with Crippen LogP contribution in [0.1, 0.15) is 17.0 Å². The molecule has 0 aliphatic carbocycles. The first-order chi connectivity index (χ1) is 10.1. The third-order valence-corrected chi connectivity index (χ3v) is 3.33. The molecule has 0 radical (unpaired) electrons. The summed E-state index contributed by atoms with van der Waals surface area (Å²) in [5, 5.41) is 0.620. The number of nitrogens with zero attached hydrogens (tertiary/aromatic N) is 2. The van der Waals surface area contributed by atoms with Crippen LogP contribution in [0.15, 0.2) is 18.2 Å². The topological polar surface area (TPSA) is 70.3 Å². The van der Waals surface area contributed by atoms with Gasteiger partial charge in [0, 0.05) is 19.8 Å². The first-order valence-corrected chi connectivity index (χ1v) is 6.84. The molecule has 0 unspecified atom stereocenters. The molecule has 0 spiro atoms. The summed E-state index contributed by atoms with van der Waals surface area (Å²) in [5.41, 5.74) is 9.70. The molecule has 1 aromatic heterocycles. The maximum absolute atomic E-state index is 6.33. The highest BCUT2D eigenvalue weighted by Crippen LogP contribution is 2.30. The molecule has 2 N–H and O–H groups in total. The van der Waals surface area contributed by atoms with E-state index in [1.807, 2.05) is 25.1 Å². The Morgan fingerprint density at radius 2 is 1.76 bits per heavy atom. The van der Waals surface area contributed by atoms with Crippen LogP contribution >= 0.6 is 11.6 Å². The van der Waals surface area contributed by atoms with E-state index in [4.69, 9.17) is 26.8 Å². The standard InChI is InChI=1S/C15H18ClN3O2/c1-9-4-5-10(11(16)6-9)14-12(7-20-2)19-15(17)13(18-14)8-21-3/h4-6H,7-8H2,1-3H3,(H2,17,19). The third kappa shape index (κ3) is 3.50. The average molecular weight is 308 g/mol. The number of halogens is 1. The summed E-state index contributed by atoms with van der Waals surface area (Å²) in [6.45, 7) is 2.59. The van der Waals surface area contributed by atoms with E-state index in [1.54, 1.807) is 14.2 Å². The molecule has 0 bridgehead atoms. The minimum absolute atomic E-state index is 0.294. The number of rotatable bonds is 5. The number of aryl methyl sites for hydroxylation is 1. The van der Waals surface area contributed by atoms with Crippen LogP contribution in [0.4, 0.5) is 5.82 Å². The summed E-state index contributed by atoms with van der Waals surface area (Å²) in [5.74, 6) is 0.343. The molecule has 1 aromatic carbocycles. The zero-order chi connectivity index (χ0) is 15.4. The van der Waals surface area contributed by atoms with Gasteiger partial charge in [0.05, 0.1) is 29.6 Å². The molecule has 5 nitrogen and oxygen atoms in total. The minimum atomic E-state index is 0.294. The molecule has 21 heavy (non-hydrogen) atoms. The van der Waals surface area contributed by atoms with Crippen LogP contribution < -0.4 is 5.73 Å². The number of hydrogen-bond acceptors (Lipinski definition) is 5. The van der Waals surface area contributed by atoms with Gasteiger partial charge in [-0.15, -0.1) is 0 Å². The van der Waals surface area contributed by atoms with Crippen molar-refractivity contribution in [2.75, 3.05) is 20.0 Å². The van der Waals surface area contributed by atoms with Crippen molar-refractivity contribution in [2.45, 2.75) is 20.1 Å². The van der Waals surface area contributed by atoms with Crippen molar-refractivity contribution < 1.29 is 9.47 Å². The molecule has 0 saturated heterocycles. The van der Waals surface area contributed by atoms with E-state index in [-0.39, 0.29) is 0 Å². The SMILES string of the molecule is COCc1nc(-c2ccc(C)cc2Cl)c(COC)nc1N. The molecule has 6 heteroatoms. The van der Waals surface area contributed by atoms with Gasteiger partial charge in [-0.05, 0) is 18.6 Å². The molecule has 0 atom stereocenters. The van der Waals surface area contributed by atoms with E-state index in [1.165, 1.54) is 0 Å². The predicted molar refractivity (Wildman–Crippen MR) is 83.1 cm³/mol. The van der Waals surface area contributed by atoms with Crippen LogP contribution in [0.25, 0.3) is 11.3 Å². The van der Waals surface area contributed by atoms with E-state index in [0.29, 0.717) is 41.1 Å². The first kappa shape index (κ1) is 15.7. The molecule has 0 aliphatic rings. The summed E-state index contributed by atoms with van der Waals surface area (Å²) >= 11 is 6.33. The van der Waals surface area contributed by atoms with Gasteiger partial charge in [-0.2, -0.15) is 0 Å². The quantitative estimate of drug-likeness (QED) is 0.919. The zero-order valence-electron chi connectivity index (χ0n) is 12.3. The second kappa shape index (κ2) is 6.85. The third-order valence-electron chi connectivity index (χ3n) is 3.01. The molecular weight excluding hydrogens is 290 g/mol. The number of ether oxygens (including phenoxy) is 2. The average Bonchev–Trinajstić information content (AvgIpc) is 2.43. The van der Waals surface area contributed by atoms with Crippen molar-refractivity contribution in [3.63, 3.8) is 0 Å². The van der Waals surface area contributed by atoms with Crippen molar-refractivity contribution >= 4 is 17.4 Å². The lowest BCUT2D eigenvalue weighted by Gasteiger charge is -2.13. The Balaban J connectivity index is 2.60. The number of nitrogens with two attached hydrogens (primary N) is 1. The molecule has 2 aromatic rings. The van der Waals surface area contributed by atoms with Crippen LogP contribution in [0, 0.1) is 6.92 Å². The van der Waals surface area contributed by atoms with Gasteiger partial charge < -0.3 is 15.2 Å². The van der Waals surface area contributed by atoms with Crippen molar-refractivity contribution in [3.8, 4) is 11.3 Å². The van der Waals surface area contributed by atoms with Crippen LogP contribution in [0.3, 0.4) is 0 Å². The molecule has 0 aliphatic heterocycles. The summed E-state index contributed by atoms with van der Waals surface area (Å²) in [6, 6.07) is 5.79. The van der Waals surface area contributed by atoms with E-state index >= 15 is 0 Å². The molecule has 0 amide bonds. The number of hydrogen-bond donors (Lipinski definition) is 1. The monoisotopic (exact) mass is 307 g/mol. The fourth-order valence-corrected chi connectivity index (χ4v) is 2.35. The maximum Gasteiger partial charge on any atom is 0.148 e. The lowest BCUT2D eigenvalue weighted by Crippen LogP contribution is -2.09. The van der Waals surface area contributed by atoms with Gasteiger partial charge in [0.1, 0.15) is 11.5 Å². The highest BCUT2D eigenvalue weighted by molar-refractivity contribution is 6.33. The van der Waals surface area contributed by atoms with E-state index in [2.05, 4.69) is 9.97 Å². The fraction of sp³-hybridized carbons (Fsp3) is 0.333. The molecule has 2 rings (SSSR count). The van der Waals surface area contributed by atoms with Crippen molar-refractivity contribution in [1.82, 2.24) is 9.97 Å². The van der Waals surface area contributed by atoms with Crippen molar-refractivity contribution in [2.24, 2.45) is 0 Å². The van der Waals surface area contributed by atoms with Gasteiger partial charge >= 0.3 is 0 Å². The molecule has 0 fully saturated rings. The Morgan fingerprint density at radius 1 is 1.10 bits per heavy atom. The van der Waals surface area contributed by atoms with E-state index in [0.717, 1.165) is 11.1 Å². The number of aromatic nitrogens is 2.